The van der Waals surface area contributed by atoms with Gasteiger partial charge in [-0.05, 0) is 37.9 Å². The molecule has 4 heteroatoms. The van der Waals surface area contributed by atoms with Crippen LogP contribution in [0.1, 0.15) is 43.1 Å². The summed E-state index contributed by atoms with van der Waals surface area (Å²) >= 11 is 0. The molecule has 0 radical (unpaired) electrons. The summed E-state index contributed by atoms with van der Waals surface area (Å²) in [6.45, 7) is 4.95. The van der Waals surface area contributed by atoms with Crippen molar-refractivity contribution in [3.63, 3.8) is 0 Å². The average molecular weight is 263 g/mol. The number of hydrogen-bond acceptors (Lipinski definition) is 2. The van der Waals surface area contributed by atoms with Crippen LogP contribution in [0.25, 0.3) is 0 Å². The molecule has 1 aromatic heterocycles. The van der Waals surface area contributed by atoms with Gasteiger partial charge in [0.1, 0.15) is 5.69 Å². The second-order valence-corrected chi connectivity index (χ2v) is 5.40. The Morgan fingerprint density at radius 1 is 1.58 bits per heavy atom. The molecular weight excluding hydrogens is 238 g/mol. The quantitative estimate of drug-likeness (QED) is 0.852. The molecule has 0 aliphatic carbocycles. The molecule has 0 bridgehead atoms. The van der Waals surface area contributed by atoms with E-state index in [0.717, 1.165) is 38.2 Å². The van der Waals surface area contributed by atoms with Gasteiger partial charge in [-0.1, -0.05) is 13.3 Å². The first-order valence-corrected chi connectivity index (χ1v) is 7.36. The number of carbonyl (C=O) groups is 1. The summed E-state index contributed by atoms with van der Waals surface area (Å²) in [7, 11) is 1.93. The Hall–Kier alpha value is -1.29. The lowest BCUT2D eigenvalue weighted by atomic mass is 10.2. The lowest BCUT2D eigenvalue weighted by molar-refractivity contribution is 0.0730. The van der Waals surface area contributed by atoms with Gasteiger partial charge in [-0.25, -0.2) is 0 Å². The van der Waals surface area contributed by atoms with Crippen LogP contribution < -0.4 is 5.32 Å². The fourth-order valence-corrected chi connectivity index (χ4v) is 2.65. The number of aryl methyl sites for hydroxylation is 1. The topological polar surface area (TPSA) is 37.3 Å². The molecule has 4 nitrogen and oxygen atoms in total. The first-order chi connectivity index (χ1) is 9.22. The van der Waals surface area contributed by atoms with Crippen LogP contribution in [-0.2, 0) is 7.05 Å². The van der Waals surface area contributed by atoms with E-state index in [1.165, 1.54) is 12.8 Å². The van der Waals surface area contributed by atoms with Crippen molar-refractivity contribution >= 4 is 5.91 Å². The van der Waals surface area contributed by atoms with Crippen LogP contribution in [0.15, 0.2) is 18.3 Å². The minimum atomic E-state index is 0.162. The van der Waals surface area contributed by atoms with Crippen LogP contribution >= 0.6 is 0 Å². The number of aromatic nitrogens is 1. The molecule has 2 rings (SSSR count). The molecule has 0 saturated carbocycles. The first kappa shape index (κ1) is 14.1. The summed E-state index contributed by atoms with van der Waals surface area (Å²) in [5, 5.41) is 3.48. The van der Waals surface area contributed by atoms with Crippen molar-refractivity contribution in [1.82, 2.24) is 14.8 Å². The van der Waals surface area contributed by atoms with E-state index in [0.29, 0.717) is 6.04 Å². The number of amides is 1. The lowest BCUT2D eigenvalue weighted by Crippen LogP contribution is -2.42. The molecule has 1 amide bonds. The maximum absolute atomic E-state index is 12.6. The third-order valence-electron chi connectivity index (χ3n) is 3.83. The van der Waals surface area contributed by atoms with Gasteiger partial charge in [-0.3, -0.25) is 4.79 Å². The molecular formula is C15H25N3O. The van der Waals surface area contributed by atoms with Crippen LogP contribution in [0.5, 0.6) is 0 Å². The summed E-state index contributed by atoms with van der Waals surface area (Å²) in [5.74, 6) is 0.162. The van der Waals surface area contributed by atoms with Gasteiger partial charge in [0.25, 0.3) is 5.91 Å². The molecule has 0 spiro atoms. The largest absolute Gasteiger partial charge is 0.347 e. The highest BCUT2D eigenvalue weighted by Crippen LogP contribution is 2.12. The molecule has 1 unspecified atom stereocenters. The van der Waals surface area contributed by atoms with E-state index in [2.05, 4.69) is 12.2 Å². The Morgan fingerprint density at radius 2 is 2.42 bits per heavy atom. The summed E-state index contributed by atoms with van der Waals surface area (Å²) < 4.78 is 1.91. The third-order valence-corrected chi connectivity index (χ3v) is 3.83. The van der Waals surface area contributed by atoms with Gasteiger partial charge in [0.05, 0.1) is 0 Å². The Labute approximate surface area is 115 Å². The van der Waals surface area contributed by atoms with Crippen LogP contribution in [0.4, 0.5) is 0 Å². The predicted octanol–water partition coefficient (Wildman–Crippen LogP) is 2.02. The zero-order valence-corrected chi connectivity index (χ0v) is 12.1. The minimum absolute atomic E-state index is 0.162. The minimum Gasteiger partial charge on any atom is -0.347 e. The van der Waals surface area contributed by atoms with Crippen molar-refractivity contribution in [2.24, 2.45) is 7.05 Å². The van der Waals surface area contributed by atoms with Crippen molar-refractivity contribution in [2.75, 3.05) is 19.6 Å². The molecule has 0 aromatic carbocycles. The van der Waals surface area contributed by atoms with Crippen LogP contribution in [0.3, 0.4) is 0 Å². The summed E-state index contributed by atoms with van der Waals surface area (Å²) in [5.41, 5.74) is 0.786. The van der Waals surface area contributed by atoms with Gasteiger partial charge in [0.2, 0.25) is 0 Å². The number of nitrogens with zero attached hydrogens (tertiary/aromatic N) is 2. The summed E-state index contributed by atoms with van der Waals surface area (Å²) in [6, 6.07) is 4.31. The SMILES string of the molecule is CCCCN(CC1CCCN1)C(=O)c1cccn1C. The smallest absolute Gasteiger partial charge is 0.270 e. The van der Waals surface area contributed by atoms with E-state index in [9.17, 15) is 4.79 Å². The highest BCUT2D eigenvalue weighted by Gasteiger charge is 2.23. The second kappa shape index (κ2) is 6.75. The molecule has 1 N–H and O–H groups in total. The second-order valence-electron chi connectivity index (χ2n) is 5.40. The van der Waals surface area contributed by atoms with E-state index in [1.807, 2.05) is 34.8 Å². The standard InChI is InChI=1S/C15H25N3O/c1-3-4-11-18(12-13-7-5-9-16-13)15(19)14-8-6-10-17(14)2/h6,8,10,13,16H,3-5,7,9,11-12H2,1-2H3. The third kappa shape index (κ3) is 3.60. The highest BCUT2D eigenvalue weighted by molar-refractivity contribution is 5.92. The molecule has 1 saturated heterocycles. The monoisotopic (exact) mass is 263 g/mol. The van der Waals surface area contributed by atoms with Crippen LogP contribution in [0, 0.1) is 0 Å². The molecule has 1 fully saturated rings. The lowest BCUT2D eigenvalue weighted by Gasteiger charge is -2.26. The van der Waals surface area contributed by atoms with Crippen molar-refractivity contribution in [3.8, 4) is 0 Å². The molecule has 1 atom stereocenters. The molecule has 1 aromatic rings. The van der Waals surface area contributed by atoms with E-state index in [1.54, 1.807) is 0 Å². The fraction of sp³-hybridized carbons (Fsp3) is 0.667. The van der Waals surface area contributed by atoms with Crippen molar-refractivity contribution in [2.45, 2.75) is 38.6 Å². The van der Waals surface area contributed by atoms with Gasteiger partial charge in [0, 0.05) is 32.4 Å². The maximum Gasteiger partial charge on any atom is 0.270 e. The number of rotatable bonds is 6. The molecule has 1 aliphatic rings. The summed E-state index contributed by atoms with van der Waals surface area (Å²) in [4.78, 5) is 14.6. The normalized spacial score (nSPS) is 18.7. The van der Waals surface area contributed by atoms with Crippen molar-refractivity contribution < 1.29 is 4.79 Å². The fourth-order valence-electron chi connectivity index (χ4n) is 2.65. The Balaban J connectivity index is 2.03. The zero-order chi connectivity index (χ0) is 13.7. The van der Waals surface area contributed by atoms with E-state index in [4.69, 9.17) is 0 Å². The number of unbranched alkanes of at least 4 members (excludes halogenated alkanes) is 1. The van der Waals surface area contributed by atoms with Gasteiger partial charge in [-0.15, -0.1) is 0 Å². The molecule has 2 heterocycles. The molecule has 106 valence electrons. The van der Waals surface area contributed by atoms with Crippen LogP contribution in [0.2, 0.25) is 0 Å². The highest BCUT2D eigenvalue weighted by atomic mass is 16.2. The Morgan fingerprint density at radius 3 is 3.00 bits per heavy atom. The Bertz CT molecular complexity index is 407. The molecule has 19 heavy (non-hydrogen) atoms. The van der Waals surface area contributed by atoms with Crippen molar-refractivity contribution in [3.05, 3.63) is 24.0 Å². The maximum atomic E-state index is 12.6. The predicted molar refractivity (Wildman–Crippen MR) is 77.2 cm³/mol. The van der Waals surface area contributed by atoms with Crippen molar-refractivity contribution in [1.29, 1.82) is 0 Å². The van der Waals surface area contributed by atoms with Crippen LogP contribution in [-0.4, -0.2) is 41.1 Å². The number of carbonyl (C=O) groups excluding carboxylic acids is 1. The van der Waals surface area contributed by atoms with E-state index < -0.39 is 0 Å². The van der Waals surface area contributed by atoms with E-state index >= 15 is 0 Å². The van der Waals surface area contributed by atoms with Gasteiger partial charge in [-0.2, -0.15) is 0 Å². The zero-order valence-electron chi connectivity index (χ0n) is 12.1. The Kier molecular flexibility index (Phi) is 5.02. The average Bonchev–Trinajstić information content (AvgIpc) is 3.05. The van der Waals surface area contributed by atoms with Gasteiger partial charge in [0.15, 0.2) is 0 Å². The van der Waals surface area contributed by atoms with Gasteiger partial charge >= 0.3 is 0 Å². The summed E-state index contributed by atoms with van der Waals surface area (Å²) in [6.07, 6.45) is 6.53. The van der Waals surface area contributed by atoms with Gasteiger partial charge < -0.3 is 14.8 Å². The molecule has 1 aliphatic heterocycles. The first-order valence-electron chi connectivity index (χ1n) is 7.36. The number of hydrogen-bond donors (Lipinski definition) is 1. The van der Waals surface area contributed by atoms with E-state index in [-0.39, 0.29) is 5.91 Å². The number of nitrogens with one attached hydrogen (secondary N) is 1.